The Morgan fingerprint density at radius 3 is 2.57 bits per heavy atom. The van der Waals surface area contributed by atoms with Crippen molar-refractivity contribution in [1.82, 2.24) is 20.3 Å². The maximum Gasteiger partial charge on any atom is 0.318 e. The first-order valence-corrected chi connectivity index (χ1v) is 10.7. The number of ether oxygens (including phenoxy) is 1. The fourth-order valence-electron chi connectivity index (χ4n) is 4.97. The number of rotatable bonds is 4. The molecule has 6 nitrogen and oxygen atoms in total. The fourth-order valence-corrected chi connectivity index (χ4v) is 4.97. The molecule has 2 saturated heterocycles. The number of fused-ring (bicyclic) bond motifs is 3. The van der Waals surface area contributed by atoms with Gasteiger partial charge in [-0.2, -0.15) is 9.97 Å². The van der Waals surface area contributed by atoms with Crippen LogP contribution in [0.5, 0.6) is 6.01 Å². The molecule has 3 aliphatic rings. The minimum atomic E-state index is -0.402. The van der Waals surface area contributed by atoms with Crippen molar-refractivity contribution in [3.63, 3.8) is 0 Å². The molecule has 0 amide bonds. The third-order valence-electron chi connectivity index (χ3n) is 6.58. The highest BCUT2D eigenvalue weighted by Crippen LogP contribution is 2.45. The largest absolute Gasteiger partial charge is 0.467 e. The van der Waals surface area contributed by atoms with E-state index in [1.807, 2.05) is 18.2 Å². The van der Waals surface area contributed by atoms with Gasteiger partial charge in [-0.25, -0.2) is 4.39 Å². The number of methoxy groups -OCH3 is 1. The van der Waals surface area contributed by atoms with Crippen LogP contribution in [0.25, 0.3) is 22.2 Å². The summed E-state index contributed by atoms with van der Waals surface area (Å²) in [6.45, 7) is 1.69. The van der Waals surface area contributed by atoms with Gasteiger partial charge in [0, 0.05) is 36.9 Å². The van der Waals surface area contributed by atoms with Gasteiger partial charge in [-0.1, -0.05) is 24.3 Å². The van der Waals surface area contributed by atoms with Gasteiger partial charge >= 0.3 is 6.01 Å². The summed E-state index contributed by atoms with van der Waals surface area (Å²) in [4.78, 5) is 15.8. The number of benzene rings is 1. The number of hydrogen-bond donors (Lipinski definition) is 1. The molecule has 0 radical (unpaired) electrons. The first kappa shape index (κ1) is 18.0. The normalized spacial score (nSPS) is 23.2. The molecular formula is C23H24FN5O. The summed E-state index contributed by atoms with van der Waals surface area (Å²) in [5.74, 6) is 0.814. The van der Waals surface area contributed by atoms with Crippen LogP contribution in [0.1, 0.15) is 37.2 Å². The first-order chi connectivity index (χ1) is 14.7. The summed E-state index contributed by atoms with van der Waals surface area (Å²) in [6, 6.07) is 9.08. The van der Waals surface area contributed by atoms with Crippen LogP contribution in [-0.2, 0) is 0 Å². The molecule has 3 fully saturated rings. The number of pyridine rings is 1. The lowest BCUT2D eigenvalue weighted by Gasteiger charge is -2.34. The topological polar surface area (TPSA) is 63.2 Å². The molecule has 1 N–H and O–H groups in total. The summed E-state index contributed by atoms with van der Waals surface area (Å²) in [7, 11) is 1.52. The number of halogens is 1. The summed E-state index contributed by atoms with van der Waals surface area (Å²) in [6.07, 6.45) is 6.36. The maximum atomic E-state index is 15.8. The smallest absolute Gasteiger partial charge is 0.318 e. The molecule has 1 aromatic carbocycles. The molecule has 30 heavy (non-hydrogen) atoms. The molecule has 7 heteroatoms. The molecular weight excluding hydrogens is 381 g/mol. The molecule has 2 aromatic heterocycles. The Morgan fingerprint density at radius 2 is 1.83 bits per heavy atom. The first-order valence-electron chi connectivity index (χ1n) is 10.7. The zero-order chi connectivity index (χ0) is 20.2. The van der Waals surface area contributed by atoms with Gasteiger partial charge in [0.25, 0.3) is 0 Å². The Labute approximate surface area is 174 Å². The molecule has 6 rings (SSSR count). The van der Waals surface area contributed by atoms with Gasteiger partial charge in [0.15, 0.2) is 5.82 Å². The number of piperazine rings is 1. The molecule has 1 aliphatic carbocycles. The quantitative estimate of drug-likeness (QED) is 0.715. The minimum Gasteiger partial charge on any atom is -0.467 e. The number of nitrogens with zero attached hydrogens (tertiary/aromatic N) is 4. The van der Waals surface area contributed by atoms with Crippen LogP contribution < -0.4 is 15.0 Å². The summed E-state index contributed by atoms with van der Waals surface area (Å²) in [5, 5.41) is 4.27. The Kier molecular flexibility index (Phi) is 4.13. The van der Waals surface area contributed by atoms with E-state index >= 15 is 4.39 Å². The van der Waals surface area contributed by atoms with E-state index in [2.05, 4.69) is 31.2 Å². The highest BCUT2D eigenvalue weighted by molar-refractivity contribution is 5.92. The highest BCUT2D eigenvalue weighted by Gasteiger charge is 2.34. The van der Waals surface area contributed by atoms with Gasteiger partial charge in [-0.15, -0.1) is 0 Å². The average molecular weight is 405 g/mol. The molecule has 154 valence electrons. The molecule has 2 aliphatic heterocycles. The average Bonchev–Trinajstić information content (AvgIpc) is 3.57. The molecule has 4 heterocycles. The number of aromatic nitrogens is 3. The zero-order valence-electron chi connectivity index (χ0n) is 16.9. The molecule has 2 atom stereocenters. The van der Waals surface area contributed by atoms with E-state index in [0.717, 1.165) is 44.3 Å². The second-order valence-electron chi connectivity index (χ2n) is 8.62. The van der Waals surface area contributed by atoms with Crippen LogP contribution in [0, 0.1) is 5.82 Å². The number of nitrogens with one attached hydrogen (secondary N) is 1. The molecule has 2 bridgehead atoms. The Balaban J connectivity index is 1.51. The third kappa shape index (κ3) is 2.91. The predicted molar refractivity (Wildman–Crippen MR) is 113 cm³/mol. The van der Waals surface area contributed by atoms with Crippen LogP contribution in [0.4, 0.5) is 10.2 Å². The van der Waals surface area contributed by atoms with Crippen LogP contribution >= 0.6 is 0 Å². The zero-order valence-corrected chi connectivity index (χ0v) is 16.9. The number of anilines is 1. The van der Waals surface area contributed by atoms with Crippen molar-refractivity contribution in [2.75, 3.05) is 25.1 Å². The lowest BCUT2D eigenvalue weighted by atomic mass is 9.99. The Morgan fingerprint density at radius 1 is 1.07 bits per heavy atom. The van der Waals surface area contributed by atoms with Gasteiger partial charge in [0.2, 0.25) is 0 Å². The molecule has 2 unspecified atom stereocenters. The van der Waals surface area contributed by atoms with E-state index in [1.54, 1.807) is 6.20 Å². The monoisotopic (exact) mass is 405 g/mol. The second kappa shape index (κ2) is 6.87. The predicted octanol–water partition coefficient (Wildman–Crippen LogP) is 3.66. The highest BCUT2D eigenvalue weighted by atomic mass is 19.1. The van der Waals surface area contributed by atoms with E-state index in [4.69, 9.17) is 4.74 Å². The van der Waals surface area contributed by atoms with Gasteiger partial charge in [-0.05, 0) is 37.2 Å². The molecule has 3 aromatic rings. The van der Waals surface area contributed by atoms with E-state index in [0.29, 0.717) is 34.9 Å². The minimum absolute atomic E-state index is 0.190. The van der Waals surface area contributed by atoms with E-state index in [1.165, 1.54) is 12.7 Å². The van der Waals surface area contributed by atoms with Crippen LogP contribution in [0.3, 0.4) is 0 Å². The summed E-state index contributed by atoms with van der Waals surface area (Å²) >= 11 is 0. The van der Waals surface area contributed by atoms with E-state index in [9.17, 15) is 0 Å². The van der Waals surface area contributed by atoms with Crippen molar-refractivity contribution in [2.24, 2.45) is 0 Å². The van der Waals surface area contributed by atoms with Crippen molar-refractivity contribution >= 4 is 16.7 Å². The SMILES string of the molecule is COc1nc(N2CC3CCC(C2)N3)c2cnc(-c3ccccc3C3CC3)c(F)c2n1. The Bertz CT molecular complexity index is 1120. The van der Waals surface area contributed by atoms with Gasteiger partial charge in [-0.3, -0.25) is 4.98 Å². The van der Waals surface area contributed by atoms with Crippen molar-refractivity contribution < 1.29 is 9.13 Å². The second-order valence-corrected chi connectivity index (χ2v) is 8.62. The van der Waals surface area contributed by atoms with Crippen molar-refractivity contribution in [1.29, 1.82) is 0 Å². The molecule has 0 spiro atoms. The lowest BCUT2D eigenvalue weighted by molar-refractivity contribution is 0.380. The lowest BCUT2D eigenvalue weighted by Crippen LogP contribution is -2.51. The summed E-state index contributed by atoms with van der Waals surface area (Å²) in [5.41, 5.74) is 2.66. The van der Waals surface area contributed by atoms with Crippen LogP contribution in [0.2, 0.25) is 0 Å². The maximum absolute atomic E-state index is 15.8. The standard InChI is InChI=1S/C23H24FN5O/c1-30-23-27-21-18(22(28-23)29-11-14-8-9-15(12-29)26-14)10-25-20(19(21)24)17-5-3-2-4-16(17)13-6-7-13/h2-5,10,13-15,26H,6-9,11-12H2,1H3. The van der Waals surface area contributed by atoms with E-state index < -0.39 is 5.82 Å². The molecule has 1 saturated carbocycles. The van der Waals surface area contributed by atoms with Gasteiger partial charge < -0.3 is 15.0 Å². The van der Waals surface area contributed by atoms with Gasteiger partial charge in [0.1, 0.15) is 17.0 Å². The van der Waals surface area contributed by atoms with Crippen LogP contribution in [-0.4, -0.2) is 47.2 Å². The summed E-state index contributed by atoms with van der Waals surface area (Å²) < 4.78 is 21.2. The van der Waals surface area contributed by atoms with Crippen LogP contribution in [0.15, 0.2) is 30.5 Å². The Hall–Kier alpha value is -2.80. The van der Waals surface area contributed by atoms with Gasteiger partial charge in [0.05, 0.1) is 12.5 Å². The van der Waals surface area contributed by atoms with Crippen molar-refractivity contribution in [3.8, 4) is 17.3 Å². The van der Waals surface area contributed by atoms with E-state index in [-0.39, 0.29) is 11.5 Å². The van der Waals surface area contributed by atoms with Crippen molar-refractivity contribution in [3.05, 3.63) is 41.8 Å². The third-order valence-corrected chi connectivity index (χ3v) is 6.58. The fraction of sp³-hybridized carbons (Fsp3) is 0.435. The number of hydrogen-bond acceptors (Lipinski definition) is 6. The van der Waals surface area contributed by atoms with Crippen molar-refractivity contribution in [2.45, 2.75) is 43.7 Å².